The van der Waals surface area contributed by atoms with Crippen LogP contribution in [0.4, 0.5) is 0 Å². The van der Waals surface area contributed by atoms with Gasteiger partial charge in [0.05, 0.1) is 4.90 Å². The van der Waals surface area contributed by atoms with E-state index in [0.717, 1.165) is 0 Å². The zero-order valence-corrected chi connectivity index (χ0v) is 13.5. The lowest BCUT2D eigenvalue weighted by molar-refractivity contribution is 0.0778. The lowest BCUT2D eigenvalue weighted by Crippen LogP contribution is -2.31. The molecule has 0 aliphatic heterocycles. The maximum Gasteiger partial charge on any atom is 0.253 e. The van der Waals surface area contributed by atoms with Crippen molar-refractivity contribution in [3.05, 3.63) is 28.3 Å². The summed E-state index contributed by atoms with van der Waals surface area (Å²) in [6.07, 6.45) is 0. The molecule has 0 aliphatic carbocycles. The third kappa shape index (κ3) is 3.94. The van der Waals surface area contributed by atoms with Gasteiger partial charge in [0.2, 0.25) is 10.0 Å². The highest BCUT2D eigenvalue weighted by Crippen LogP contribution is 2.24. The fourth-order valence-corrected chi connectivity index (χ4v) is 3.12. The van der Waals surface area contributed by atoms with E-state index in [9.17, 15) is 13.2 Å². The van der Waals surface area contributed by atoms with Crippen LogP contribution < -0.4 is 5.14 Å². The zero-order valence-electron chi connectivity index (χ0n) is 12.0. The topological polar surface area (TPSA) is 80.5 Å². The number of rotatable bonds is 4. The molecule has 1 rings (SSSR count). The number of nitrogens with zero attached hydrogens (tertiary/aromatic N) is 1. The summed E-state index contributed by atoms with van der Waals surface area (Å²) in [5, 5.41) is 5.31. The Labute approximate surface area is 124 Å². The molecule has 112 valence electrons. The van der Waals surface area contributed by atoms with E-state index >= 15 is 0 Å². The molecule has 1 amide bonds. The Morgan fingerprint density at radius 1 is 1.40 bits per heavy atom. The first-order valence-electron chi connectivity index (χ1n) is 6.12. The Hall–Kier alpha value is -1.11. The second-order valence-electron chi connectivity index (χ2n) is 5.20. The number of carbonyl (C=O) groups excluding carboxylic acids is 1. The highest BCUT2D eigenvalue weighted by Gasteiger charge is 2.21. The molecule has 0 fully saturated rings. The van der Waals surface area contributed by atoms with Crippen molar-refractivity contribution in [2.45, 2.75) is 25.7 Å². The number of hydrogen-bond acceptors (Lipinski definition) is 3. The summed E-state index contributed by atoms with van der Waals surface area (Å²) in [6.45, 7) is 6.09. The molecule has 0 heterocycles. The van der Waals surface area contributed by atoms with Crippen molar-refractivity contribution < 1.29 is 13.2 Å². The van der Waals surface area contributed by atoms with Gasteiger partial charge < -0.3 is 4.90 Å². The fraction of sp³-hybridized carbons (Fsp3) is 0.462. The standard InChI is InChI=1S/C13H19ClN2O3S/c1-8(2)7-16(4)13(17)11-5-10(14)6-12(9(11)3)20(15,18)19/h5-6,8H,7H2,1-4H3,(H2,15,18,19). The van der Waals surface area contributed by atoms with Gasteiger partial charge in [-0.25, -0.2) is 13.6 Å². The van der Waals surface area contributed by atoms with Crippen molar-refractivity contribution >= 4 is 27.5 Å². The summed E-state index contributed by atoms with van der Waals surface area (Å²) in [4.78, 5) is 13.8. The largest absolute Gasteiger partial charge is 0.341 e. The molecule has 0 spiro atoms. The third-order valence-corrected chi connectivity index (χ3v) is 4.10. The van der Waals surface area contributed by atoms with Crippen molar-refractivity contribution in [1.82, 2.24) is 4.90 Å². The highest BCUT2D eigenvalue weighted by molar-refractivity contribution is 7.89. The van der Waals surface area contributed by atoms with Gasteiger partial charge in [-0.2, -0.15) is 0 Å². The van der Waals surface area contributed by atoms with Gasteiger partial charge in [-0.15, -0.1) is 0 Å². The molecule has 0 aromatic heterocycles. The quantitative estimate of drug-likeness (QED) is 0.922. The lowest BCUT2D eigenvalue weighted by atomic mass is 10.1. The molecular weight excluding hydrogens is 300 g/mol. The maximum atomic E-state index is 12.4. The molecule has 0 atom stereocenters. The SMILES string of the molecule is Cc1c(C(=O)N(C)CC(C)C)cc(Cl)cc1S(N)(=O)=O. The van der Waals surface area contributed by atoms with Crippen LogP contribution in [0.5, 0.6) is 0 Å². The average Bonchev–Trinajstić information content (AvgIpc) is 2.28. The first kappa shape index (κ1) is 16.9. The van der Waals surface area contributed by atoms with E-state index in [1.54, 1.807) is 14.0 Å². The zero-order chi connectivity index (χ0) is 15.7. The van der Waals surface area contributed by atoms with Crippen LogP contribution >= 0.6 is 11.6 Å². The molecule has 1 aromatic rings. The number of nitrogens with two attached hydrogens (primary N) is 1. The number of halogens is 1. The first-order chi connectivity index (χ1) is 9.04. The monoisotopic (exact) mass is 318 g/mol. The van der Waals surface area contributed by atoms with Gasteiger partial charge in [0.1, 0.15) is 0 Å². The Balaban J connectivity index is 3.33. The van der Waals surface area contributed by atoms with Gasteiger partial charge in [0.25, 0.3) is 5.91 Å². The average molecular weight is 319 g/mol. The van der Waals surface area contributed by atoms with E-state index in [0.29, 0.717) is 18.0 Å². The number of hydrogen-bond donors (Lipinski definition) is 1. The van der Waals surface area contributed by atoms with E-state index in [2.05, 4.69) is 0 Å². The molecule has 0 saturated carbocycles. The summed E-state index contributed by atoms with van der Waals surface area (Å²) < 4.78 is 23.0. The van der Waals surface area contributed by atoms with Crippen LogP contribution in [-0.4, -0.2) is 32.8 Å². The summed E-state index contributed by atoms with van der Waals surface area (Å²) >= 11 is 5.89. The van der Waals surface area contributed by atoms with Crippen LogP contribution in [0.15, 0.2) is 17.0 Å². The summed E-state index contributed by atoms with van der Waals surface area (Å²) in [5.74, 6) is 0.0322. The van der Waals surface area contributed by atoms with E-state index in [-0.39, 0.29) is 21.4 Å². The van der Waals surface area contributed by atoms with Gasteiger partial charge in [-0.1, -0.05) is 25.4 Å². The fourth-order valence-electron chi connectivity index (χ4n) is 2.01. The van der Waals surface area contributed by atoms with Crippen LogP contribution in [0.3, 0.4) is 0 Å². The molecule has 0 unspecified atom stereocenters. The number of benzene rings is 1. The van der Waals surface area contributed by atoms with Crippen molar-refractivity contribution in [1.29, 1.82) is 0 Å². The van der Waals surface area contributed by atoms with Gasteiger partial charge in [-0.3, -0.25) is 4.79 Å². The predicted molar refractivity (Wildman–Crippen MR) is 79.4 cm³/mol. The van der Waals surface area contributed by atoms with Crippen molar-refractivity contribution in [3.63, 3.8) is 0 Å². The predicted octanol–water partition coefficient (Wildman–Crippen LogP) is 2.02. The molecular formula is C13H19ClN2O3S. The second-order valence-corrected chi connectivity index (χ2v) is 7.17. The third-order valence-electron chi connectivity index (χ3n) is 2.85. The van der Waals surface area contributed by atoms with E-state index in [1.165, 1.54) is 17.0 Å². The van der Waals surface area contributed by atoms with E-state index in [4.69, 9.17) is 16.7 Å². The van der Waals surface area contributed by atoms with E-state index in [1.807, 2.05) is 13.8 Å². The maximum absolute atomic E-state index is 12.4. The molecule has 20 heavy (non-hydrogen) atoms. The Bertz CT molecular complexity index is 627. The molecule has 0 saturated heterocycles. The Morgan fingerprint density at radius 2 is 1.95 bits per heavy atom. The number of sulfonamides is 1. The number of carbonyl (C=O) groups is 1. The summed E-state index contributed by atoms with van der Waals surface area (Å²) in [6, 6.07) is 2.72. The minimum absolute atomic E-state index is 0.119. The first-order valence-corrected chi connectivity index (χ1v) is 8.05. The second kappa shape index (κ2) is 6.11. The number of primary sulfonamides is 1. The molecule has 5 nitrogen and oxygen atoms in total. The normalized spacial score (nSPS) is 11.8. The van der Waals surface area contributed by atoms with Crippen molar-refractivity contribution in [3.8, 4) is 0 Å². The molecule has 0 bridgehead atoms. The summed E-state index contributed by atoms with van der Waals surface area (Å²) in [7, 11) is -2.25. The Kier molecular flexibility index (Phi) is 5.18. The smallest absolute Gasteiger partial charge is 0.253 e. The highest BCUT2D eigenvalue weighted by atomic mass is 35.5. The van der Waals surface area contributed by atoms with Crippen LogP contribution in [0.1, 0.15) is 29.8 Å². The molecule has 0 radical (unpaired) electrons. The molecule has 2 N–H and O–H groups in total. The van der Waals surface area contributed by atoms with Crippen molar-refractivity contribution in [2.75, 3.05) is 13.6 Å². The van der Waals surface area contributed by atoms with Crippen LogP contribution in [0, 0.1) is 12.8 Å². The minimum Gasteiger partial charge on any atom is -0.341 e. The molecule has 7 heteroatoms. The van der Waals surface area contributed by atoms with Crippen LogP contribution in [0.2, 0.25) is 5.02 Å². The van der Waals surface area contributed by atoms with Gasteiger partial charge in [-0.05, 0) is 30.5 Å². The molecule has 0 aliphatic rings. The molecule has 1 aromatic carbocycles. The van der Waals surface area contributed by atoms with Crippen molar-refractivity contribution in [2.24, 2.45) is 11.1 Å². The van der Waals surface area contributed by atoms with Crippen LogP contribution in [0.25, 0.3) is 0 Å². The van der Waals surface area contributed by atoms with Crippen LogP contribution in [-0.2, 0) is 10.0 Å². The van der Waals surface area contributed by atoms with Gasteiger partial charge >= 0.3 is 0 Å². The minimum atomic E-state index is -3.92. The lowest BCUT2D eigenvalue weighted by Gasteiger charge is -2.21. The summed E-state index contributed by atoms with van der Waals surface area (Å²) in [5.41, 5.74) is 0.571. The van der Waals surface area contributed by atoms with E-state index < -0.39 is 10.0 Å². The Morgan fingerprint density at radius 3 is 2.40 bits per heavy atom. The van der Waals surface area contributed by atoms with Gasteiger partial charge in [0, 0.05) is 24.2 Å². The number of amides is 1. The van der Waals surface area contributed by atoms with Gasteiger partial charge in [0.15, 0.2) is 0 Å².